The van der Waals surface area contributed by atoms with Crippen molar-refractivity contribution in [3.63, 3.8) is 0 Å². The lowest BCUT2D eigenvalue weighted by molar-refractivity contribution is -0.140. The number of guanidine groups is 1. The first-order valence-electron chi connectivity index (χ1n) is 9.23. The number of carbonyl (C=O) groups excluding carboxylic acids is 2. The van der Waals surface area contributed by atoms with Crippen LogP contribution >= 0.6 is 24.0 Å². The molecule has 140 valence electrons. The monoisotopic (exact) mass is 460 g/mol. The highest BCUT2D eigenvalue weighted by Crippen LogP contribution is 2.52. The van der Waals surface area contributed by atoms with E-state index in [2.05, 4.69) is 34.7 Å². The highest BCUT2D eigenvalue weighted by atomic mass is 127. The number of amides is 2. The van der Waals surface area contributed by atoms with Gasteiger partial charge in [-0.2, -0.15) is 0 Å². The van der Waals surface area contributed by atoms with E-state index in [1.165, 1.54) is 4.90 Å². The van der Waals surface area contributed by atoms with Crippen LogP contribution in [0.2, 0.25) is 0 Å². The van der Waals surface area contributed by atoms with Crippen molar-refractivity contribution in [2.75, 3.05) is 26.2 Å². The topological polar surface area (TPSA) is 73.8 Å². The Bertz CT molecular complexity index is 533. The lowest BCUT2D eigenvalue weighted by Crippen LogP contribution is -2.43. The molecule has 4 atom stereocenters. The standard InChI is InChI=1S/C18H28N4O2.HI/c1-3-5-8-20-18(19-4-2)21-9-10-22-16(23)14-12-6-7-13(11-12)15(14)17(22)24;/h6-7,12-15H,3-5,8-11H2,1-2H3,(H2,19,20,21);1H. The van der Waals surface area contributed by atoms with Gasteiger partial charge in [0, 0.05) is 26.2 Å². The molecule has 2 fully saturated rings. The van der Waals surface area contributed by atoms with Crippen molar-refractivity contribution in [3.05, 3.63) is 12.2 Å². The Balaban J connectivity index is 0.00000225. The molecule has 6 nitrogen and oxygen atoms in total. The Kier molecular flexibility index (Phi) is 7.27. The minimum atomic E-state index is -0.0982. The van der Waals surface area contributed by atoms with Crippen molar-refractivity contribution in [1.82, 2.24) is 15.5 Å². The Morgan fingerprint density at radius 2 is 1.80 bits per heavy atom. The van der Waals surface area contributed by atoms with Crippen molar-refractivity contribution in [2.45, 2.75) is 33.1 Å². The number of nitrogens with one attached hydrogen (secondary N) is 2. The Morgan fingerprint density at radius 3 is 2.36 bits per heavy atom. The van der Waals surface area contributed by atoms with Gasteiger partial charge in [0.2, 0.25) is 11.8 Å². The van der Waals surface area contributed by atoms with Crippen LogP contribution in [0.15, 0.2) is 17.1 Å². The van der Waals surface area contributed by atoms with Gasteiger partial charge in [-0.05, 0) is 31.6 Å². The number of carbonyl (C=O) groups is 2. The molecule has 25 heavy (non-hydrogen) atoms. The molecule has 0 spiro atoms. The zero-order valence-electron chi connectivity index (χ0n) is 15.0. The number of unbranched alkanes of at least 4 members (excludes halogenated alkanes) is 1. The number of halogens is 1. The van der Waals surface area contributed by atoms with Crippen LogP contribution in [-0.4, -0.2) is 48.9 Å². The smallest absolute Gasteiger partial charge is 0.233 e. The fourth-order valence-corrected chi connectivity index (χ4v) is 4.16. The average Bonchev–Trinajstić information content (AvgIpc) is 3.24. The summed E-state index contributed by atoms with van der Waals surface area (Å²) in [5.74, 6) is 1.17. The largest absolute Gasteiger partial charge is 0.357 e. The first-order chi connectivity index (χ1) is 11.7. The Labute approximate surface area is 166 Å². The van der Waals surface area contributed by atoms with E-state index < -0.39 is 0 Å². The van der Waals surface area contributed by atoms with Crippen molar-refractivity contribution in [2.24, 2.45) is 28.7 Å². The lowest BCUT2D eigenvalue weighted by atomic mass is 9.85. The highest BCUT2D eigenvalue weighted by Gasteiger charge is 2.58. The number of nitrogens with zero attached hydrogens (tertiary/aromatic N) is 2. The number of aliphatic imine (C=N–C) groups is 1. The van der Waals surface area contributed by atoms with Gasteiger partial charge in [0.25, 0.3) is 0 Å². The van der Waals surface area contributed by atoms with Crippen LogP contribution < -0.4 is 10.6 Å². The second kappa shape index (κ2) is 9.00. The molecular formula is C18H29IN4O2. The summed E-state index contributed by atoms with van der Waals surface area (Å²) in [5.41, 5.74) is 0. The molecular weight excluding hydrogens is 431 g/mol. The van der Waals surface area contributed by atoms with Crippen LogP contribution in [-0.2, 0) is 9.59 Å². The maximum atomic E-state index is 12.6. The minimum absolute atomic E-state index is 0. The molecule has 1 saturated heterocycles. The number of hydrogen-bond acceptors (Lipinski definition) is 3. The number of hydrogen-bond donors (Lipinski definition) is 2. The summed E-state index contributed by atoms with van der Waals surface area (Å²) in [6.07, 6.45) is 7.40. The molecule has 0 aromatic rings. The summed E-state index contributed by atoms with van der Waals surface area (Å²) < 4.78 is 0. The maximum Gasteiger partial charge on any atom is 0.233 e. The fourth-order valence-electron chi connectivity index (χ4n) is 4.16. The zero-order valence-corrected chi connectivity index (χ0v) is 17.4. The first kappa shape index (κ1) is 20.2. The van der Waals surface area contributed by atoms with Gasteiger partial charge < -0.3 is 10.6 Å². The van der Waals surface area contributed by atoms with Gasteiger partial charge in [-0.1, -0.05) is 25.5 Å². The van der Waals surface area contributed by atoms with Crippen LogP contribution in [0.1, 0.15) is 33.1 Å². The third-order valence-corrected chi connectivity index (χ3v) is 5.32. The zero-order chi connectivity index (χ0) is 17.1. The molecule has 3 rings (SSSR count). The molecule has 0 radical (unpaired) electrons. The van der Waals surface area contributed by atoms with Crippen LogP contribution in [0.4, 0.5) is 0 Å². The molecule has 3 aliphatic rings. The normalized spacial score (nSPS) is 29.8. The average molecular weight is 460 g/mol. The molecule has 2 bridgehead atoms. The van der Waals surface area contributed by atoms with Crippen LogP contribution in [0, 0.1) is 23.7 Å². The fraction of sp³-hybridized carbons (Fsp3) is 0.722. The van der Waals surface area contributed by atoms with Gasteiger partial charge in [-0.3, -0.25) is 19.5 Å². The number of fused-ring (bicyclic) bond motifs is 5. The van der Waals surface area contributed by atoms with Crippen LogP contribution in [0.5, 0.6) is 0 Å². The molecule has 0 aromatic carbocycles. The third kappa shape index (κ3) is 4.01. The summed E-state index contributed by atoms with van der Waals surface area (Å²) >= 11 is 0. The molecule has 2 aliphatic carbocycles. The van der Waals surface area contributed by atoms with Gasteiger partial charge in [0.1, 0.15) is 0 Å². The summed E-state index contributed by atoms with van der Waals surface area (Å²) in [7, 11) is 0. The van der Waals surface area contributed by atoms with Crippen LogP contribution in [0.25, 0.3) is 0 Å². The third-order valence-electron chi connectivity index (χ3n) is 5.32. The molecule has 1 saturated carbocycles. The van der Waals surface area contributed by atoms with E-state index in [1.807, 2.05) is 6.92 Å². The number of rotatable bonds is 7. The van der Waals surface area contributed by atoms with Crippen molar-refractivity contribution >= 4 is 41.8 Å². The van der Waals surface area contributed by atoms with E-state index in [1.54, 1.807) is 0 Å². The molecule has 2 N–H and O–H groups in total. The summed E-state index contributed by atoms with van der Waals surface area (Å²) in [5, 5.41) is 6.42. The van der Waals surface area contributed by atoms with E-state index >= 15 is 0 Å². The molecule has 7 heteroatoms. The van der Waals surface area contributed by atoms with E-state index in [-0.39, 0.29) is 59.5 Å². The quantitative estimate of drug-likeness (QED) is 0.152. The predicted molar refractivity (Wildman–Crippen MR) is 109 cm³/mol. The first-order valence-corrected chi connectivity index (χ1v) is 9.23. The summed E-state index contributed by atoms with van der Waals surface area (Å²) in [6, 6.07) is 0. The van der Waals surface area contributed by atoms with E-state index in [0.29, 0.717) is 13.1 Å². The molecule has 1 heterocycles. The van der Waals surface area contributed by atoms with E-state index in [9.17, 15) is 9.59 Å². The molecule has 0 aromatic heterocycles. The highest BCUT2D eigenvalue weighted by molar-refractivity contribution is 14.0. The SMILES string of the molecule is CCCCN=C(NCC)NCCN1C(=O)C2C3C=CC(C3)C2C1=O.I. The van der Waals surface area contributed by atoms with Crippen LogP contribution in [0.3, 0.4) is 0 Å². The predicted octanol–water partition coefficient (Wildman–Crippen LogP) is 1.77. The number of imide groups is 1. The second-order valence-corrected chi connectivity index (χ2v) is 6.87. The minimum Gasteiger partial charge on any atom is -0.357 e. The maximum absolute atomic E-state index is 12.6. The van der Waals surface area contributed by atoms with E-state index in [4.69, 9.17) is 0 Å². The lowest BCUT2D eigenvalue weighted by Gasteiger charge is -2.18. The molecule has 4 unspecified atom stereocenters. The van der Waals surface area contributed by atoms with Gasteiger partial charge in [-0.15, -0.1) is 24.0 Å². The summed E-state index contributed by atoms with van der Waals surface area (Å²) in [6.45, 7) is 6.69. The molecule has 1 aliphatic heterocycles. The van der Waals surface area contributed by atoms with Crippen molar-refractivity contribution in [1.29, 1.82) is 0 Å². The van der Waals surface area contributed by atoms with Gasteiger partial charge >= 0.3 is 0 Å². The van der Waals surface area contributed by atoms with E-state index in [0.717, 1.165) is 38.3 Å². The Hall–Kier alpha value is -1.12. The van der Waals surface area contributed by atoms with Crippen molar-refractivity contribution < 1.29 is 9.59 Å². The van der Waals surface area contributed by atoms with Gasteiger partial charge in [-0.25, -0.2) is 0 Å². The summed E-state index contributed by atoms with van der Waals surface area (Å²) in [4.78, 5) is 31.1. The number of likely N-dealkylation sites (tertiary alicyclic amines) is 1. The van der Waals surface area contributed by atoms with Gasteiger partial charge in [0.05, 0.1) is 11.8 Å². The second-order valence-electron chi connectivity index (χ2n) is 6.87. The Morgan fingerprint density at radius 1 is 1.16 bits per heavy atom. The van der Waals surface area contributed by atoms with Crippen molar-refractivity contribution in [3.8, 4) is 0 Å². The number of allylic oxidation sites excluding steroid dienone is 2. The molecule has 2 amide bonds. The van der Waals surface area contributed by atoms with Gasteiger partial charge in [0.15, 0.2) is 5.96 Å².